The zero-order chi connectivity index (χ0) is 42.1. The van der Waals surface area contributed by atoms with E-state index in [0.717, 1.165) is 66.3 Å². The third kappa shape index (κ3) is 7.12. The number of piperidine rings is 3. The minimum Gasteiger partial charge on any atom is -0.371 e. The fourth-order valence-corrected chi connectivity index (χ4v) is 12.2. The predicted octanol–water partition coefficient (Wildman–Crippen LogP) is 4.96. The Morgan fingerprint density at radius 1 is 0.883 bits per heavy atom. The number of rotatable bonds is 7. The maximum absolute atomic E-state index is 13.8. The van der Waals surface area contributed by atoms with Crippen molar-refractivity contribution < 1.29 is 32.4 Å². The highest BCUT2D eigenvalue weighted by molar-refractivity contribution is 7.92. The quantitative estimate of drug-likeness (QED) is 0.255. The number of hydrogen-bond acceptors (Lipinski definition) is 10. The lowest BCUT2D eigenvalue weighted by Gasteiger charge is -2.40. The summed E-state index contributed by atoms with van der Waals surface area (Å²) in [6.45, 7) is 13.9. The van der Waals surface area contributed by atoms with Crippen LogP contribution in [-0.4, -0.2) is 109 Å². The van der Waals surface area contributed by atoms with Crippen molar-refractivity contribution in [3.63, 3.8) is 0 Å². The van der Waals surface area contributed by atoms with Crippen LogP contribution in [0.3, 0.4) is 0 Å². The molecule has 14 nitrogen and oxygen atoms in total. The van der Waals surface area contributed by atoms with Gasteiger partial charge in [0, 0.05) is 61.6 Å². The predicted molar refractivity (Wildman–Crippen MR) is 223 cm³/mol. The summed E-state index contributed by atoms with van der Waals surface area (Å²) >= 11 is 6.37. The van der Waals surface area contributed by atoms with E-state index in [1.54, 1.807) is 35.2 Å². The second-order valence-electron chi connectivity index (χ2n) is 17.3. The molecule has 16 heteroatoms. The molecule has 6 heterocycles. The number of amides is 5. The van der Waals surface area contributed by atoms with Gasteiger partial charge in [0.1, 0.15) is 6.04 Å². The molecule has 0 saturated carbocycles. The third-order valence-electron chi connectivity index (χ3n) is 13.7. The van der Waals surface area contributed by atoms with Crippen LogP contribution in [0, 0.1) is 12.0 Å². The van der Waals surface area contributed by atoms with Gasteiger partial charge in [0.25, 0.3) is 11.8 Å². The van der Waals surface area contributed by atoms with E-state index in [0.29, 0.717) is 47.6 Å². The van der Waals surface area contributed by atoms with Crippen LogP contribution in [0.1, 0.15) is 83.7 Å². The molecule has 0 bridgehead atoms. The SMILES string of the molecule is [C-]#[N+]c1ccc(N2CC3(CCN(c4ccc(S(=O)(=O)C5CCN(CC(=O)N6Cc7cc8c(cc7C6)C(=O)N(C6CCC(=O)NC6=O)C8=O)CC5)cc4)CC3)C[C@@H]2C)cc1Cl. The minimum atomic E-state index is -3.58. The Balaban J connectivity index is 0.754. The fraction of sp³-hybridized carbons (Fsp3) is 0.455. The number of nitrogens with one attached hydrogen (secondary N) is 1. The summed E-state index contributed by atoms with van der Waals surface area (Å²) in [5.74, 6) is -2.38. The molecule has 9 rings (SSSR count). The zero-order valence-electron chi connectivity index (χ0n) is 33.4. The van der Waals surface area contributed by atoms with Crippen LogP contribution < -0.4 is 15.1 Å². The van der Waals surface area contributed by atoms with E-state index < -0.39 is 44.8 Å². The largest absolute Gasteiger partial charge is 0.371 e. The lowest BCUT2D eigenvalue weighted by atomic mass is 9.76. The number of likely N-dealkylation sites (tertiary alicyclic amines) is 1. The van der Waals surface area contributed by atoms with Gasteiger partial charge in [-0.3, -0.25) is 39.1 Å². The molecule has 1 N–H and O–H groups in total. The molecule has 0 aromatic heterocycles. The number of imide groups is 2. The maximum atomic E-state index is 13.8. The smallest absolute Gasteiger partial charge is 0.262 e. The first-order valence-electron chi connectivity index (χ1n) is 20.6. The molecule has 3 aromatic rings. The van der Waals surface area contributed by atoms with Crippen molar-refractivity contribution in [3.05, 3.63) is 93.3 Å². The van der Waals surface area contributed by atoms with Crippen molar-refractivity contribution >= 4 is 68.0 Å². The monoisotopic (exact) mass is 851 g/mol. The molecular formula is C44H46ClN7O7S. The van der Waals surface area contributed by atoms with E-state index in [2.05, 4.69) is 26.9 Å². The Kier molecular flexibility index (Phi) is 10.2. The topological polar surface area (TPSA) is 152 Å². The average molecular weight is 852 g/mol. The second-order valence-corrected chi connectivity index (χ2v) is 19.9. The van der Waals surface area contributed by atoms with Crippen molar-refractivity contribution in [1.82, 2.24) is 20.0 Å². The van der Waals surface area contributed by atoms with E-state index >= 15 is 0 Å². The lowest BCUT2D eigenvalue weighted by Crippen LogP contribution is -2.54. The lowest BCUT2D eigenvalue weighted by molar-refractivity contribution is -0.136. The molecule has 0 radical (unpaired) electrons. The molecule has 0 aliphatic carbocycles. The van der Waals surface area contributed by atoms with Crippen LogP contribution in [0.5, 0.6) is 0 Å². The molecule has 60 heavy (non-hydrogen) atoms. The first-order chi connectivity index (χ1) is 28.7. The minimum absolute atomic E-state index is 0.0428. The Labute approximate surface area is 354 Å². The average Bonchev–Trinajstić information content (AvgIpc) is 3.88. The number of hydrogen-bond donors (Lipinski definition) is 1. The molecule has 3 aromatic carbocycles. The molecule has 6 aliphatic heterocycles. The van der Waals surface area contributed by atoms with E-state index in [1.165, 1.54) is 0 Å². The molecular weight excluding hydrogens is 806 g/mol. The summed E-state index contributed by atoms with van der Waals surface area (Å²) in [7, 11) is -3.58. The van der Waals surface area contributed by atoms with Crippen molar-refractivity contribution in [2.24, 2.45) is 5.41 Å². The van der Waals surface area contributed by atoms with Crippen LogP contribution in [-0.2, 0) is 37.3 Å². The van der Waals surface area contributed by atoms with E-state index in [-0.39, 0.29) is 54.9 Å². The van der Waals surface area contributed by atoms with Crippen LogP contribution in [0.15, 0.2) is 59.5 Å². The van der Waals surface area contributed by atoms with Crippen molar-refractivity contribution in [3.8, 4) is 0 Å². The summed E-state index contributed by atoms with van der Waals surface area (Å²) < 4.78 is 27.6. The summed E-state index contributed by atoms with van der Waals surface area (Å²) in [4.78, 5) is 77.3. The highest BCUT2D eigenvalue weighted by atomic mass is 35.5. The third-order valence-corrected chi connectivity index (χ3v) is 16.3. The molecule has 4 saturated heterocycles. The fourth-order valence-electron chi connectivity index (χ4n) is 10.3. The van der Waals surface area contributed by atoms with Crippen LogP contribution >= 0.6 is 11.6 Å². The van der Waals surface area contributed by atoms with Gasteiger partial charge >= 0.3 is 0 Å². The molecule has 6 aliphatic rings. The number of nitrogens with zero attached hydrogens (tertiary/aromatic N) is 6. The van der Waals surface area contributed by atoms with Gasteiger partial charge in [-0.2, -0.15) is 0 Å². The van der Waals surface area contributed by atoms with Gasteiger partial charge in [-0.05, 0) is 124 Å². The van der Waals surface area contributed by atoms with Gasteiger partial charge in [-0.1, -0.05) is 17.7 Å². The molecule has 1 spiro atoms. The first kappa shape index (κ1) is 40.1. The van der Waals surface area contributed by atoms with E-state index in [1.807, 2.05) is 29.2 Å². The Hall–Kier alpha value is -5.30. The van der Waals surface area contributed by atoms with Gasteiger partial charge < -0.3 is 14.7 Å². The Morgan fingerprint density at radius 3 is 2.12 bits per heavy atom. The van der Waals surface area contributed by atoms with Crippen LogP contribution in [0.2, 0.25) is 5.02 Å². The van der Waals surface area contributed by atoms with Crippen LogP contribution in [0.4, 0.5) is 17.1 Å². The highest BCUT2D eigenvalue weighted by Crippen LogP contribution is 2.46. The van der Waals surface area contributed by atoms with Crippen molar-refractivity contribution in [1.29, 1.82) is 0 Å². The Morgan fingerprint density at radius 2 is 1.52 bits per heavy atom. The second kappa shape index (κ2) is 15.3. The van der Waals surface area contributed by atoms with Crippen LogP contribution in [0.25, 0.3) is 4.85 Å². The number of sulfone groups is 1. The summed E-state index contributed by atoms with van der Waals surface area (Å²) in [5, 5.41) is 2.14. The Bertz CT molecular complexity index is 2430. The molecule has 312 valence electrons. The summed E-state index contributed by atoms with van der Waals surface area (Å²) in [5.41, 5.74) is 4.63. The number of benzene rings is 3. The van der Waals surface area contributed by atoms with Gasteiger partial charge in [0.2, 0.25) is 23.4 Å². The summed E-state index contributed by atoms with van der Waals surface area (Å²) in [6, 6.07) is 15.6. The first-order valence-corrected chi connectivity index (χ1v) is 22.6. The van der Waals surface area contributed by atoms with Gasteiger partial charge in [0.15, 0.2) is 9.84 Å². The van der Waals surface area contributed by atoms with Gasteiger partial charge in [0.05, 0.1) is 34.4 Å². The normalized spacial score (nSPS) is 23.3. The molecule has 4 fully saturated rings. The number of anilines is 2. The maximum Gasteiger partial charge on any atom is 0.262 e. The molecule has 5 amide bonds. The highest BCUT2D eigenvalue weighted by Gasteiger charge is 2.46. The number of halogens is 1. The van der Waals surface area contributed by atoms with Gasteiger partial charge in [-0.25, -0.2) is 13.3 Å². The number of carbonyl (C=O) groups is 5. The number of fused-ring (bicyclic) bond motifs is 2. The van der Waals surface area contributed by atoms with Crippen molar-refractivity contribution in [2.45, 2.75) is 87.2 Å². The van der Waals surface area contributed by atoms with Crippen molar-refractivity contribution in [2.75, 3.05) is 49.1 Å². The zero-order valence-corrected chi connectivity index (χ0v) is 34.9. The van der Waals surface area contributed by atoms with E-state index in [9.17, 15) is 32.4 Å². The summed E-state index contributed by atoms with van der Waals surface area (Å²) in [6.07, 6.45) is 4.10. The molecule has 1 unspecified atom stereocenters. The van der Waals surface area contributed by atoms with E-state index in [4.69, 9.17) is 18.2 Å². The molecule has 2 atom stereocenters. The van der Waals surface area contributed by atoms with Gasteiger partial charge in [-0.15, -0.1) is 0 Å². The standard InChI is InChI=1S/C44H46ClN7O7S/c1-27-22-44(26-51(27)31-5-8-37(46-2)36(45)21-31)13-17-49(18-14-44)30-3-6-32(7-4-30)60(58,59)33-11-15-48(16-12-33)25-40(54)50-23-28-19-34-35(20-29(28)24-50)43(57)52(42(34)56)38-9-10-39(53)47-41(38)55/h3-8,19-21,27,33,38H,9-18,22-26H2,1H3,(H,47,53,55)/t27-,38?/m0/s1. The number of carbonyl (C=O) groups excluding carboxylic acids is 5.